The second-order valence-corrected chi connectivity index (χ2v) is 7.68. The maximum atomic E-state index is 4.79. The van der Waals surface area contributed by atoms with Crippen LogP contribution in [0.15, 0.2) is 30.5 Å². The molecule has 2 heteroatoms. The topological polar surface area (TPSA) is 16.1 Å². The summed E-state index contributed by atoms with van der Waals surface area (Å²) in [6.07, 6.45) is 7.89. The van der Waals surface area contributed by atoms with E-state index in [9.17, 15) is 0 Å². The average molecular weight is 294 g/mol. The van der Waals surface area contributed by atoms with Gasteiger partial charge in [-0.2, -0.15) is 0 Å². The van der Waals surface area contributed by atoms with Crippen LogP contribution in [0.3, 0.4) is 0 Å². The zero-order valence-corrected chi connectivity index (χ0v) is 13.8. The molecular formula is C20H26N2. The largest absolute Gasteiger partial charge is 0.298 e. The fraction of sp³-hybridized carbons (Fsp3) is 0.550. The Labute approximate surface area is 133 Å². The summed E-state index contributed by atoms with van der Waals surface area (Å²) in [5, 5.41) is 2.74. The molecule has 2 aromatic rings. The first-order valence-electron chi connectivity index (χ1n) is 8.76. The van der Waals surface area contributed by atoms with Crippen LogP contribution in [0.5, 0.6) is 0 Å². The van der Waals surface area contributed by atoms with Gasteiger partial charge in [-0.3, -0.25) is 9.88 Å². The van der Waals surface area contributed by atoms with Gasteiger partial charge in [0.2, 0.25) is 0 Å². The Hall–Kier alpha value is -1.41. The number of hydrogen-bond donors (Lipinski definition) is 0. The van der Waals surface area contributed by atoms with Crippen LogP contribution < -0.4 is 0 Å². The molecule has 1 aliphatic heterocycles. The van der Waals surface area contributed by atoms with Gasteiger partial charge in [0.05, 0.1) is 5.69 Å². The number of hydrogen-bond acceptors (Lipinski definition) is 2. The quantitative estimate of drug-likeness (QED) is 0.813. The lowest BCUT2D eigenvalue weighted by molar-refractivity contribution is 0.137. The standard InChI is InChI=1S/C20H26N2/c1-15(2)19-18-7-4-3-6-17(18)16(12-21-19)13-22-11-10-20(14-22)8-5-9-20/h3-4,6-7,12,15H,5,8-11,13-14H2,1-2H3. The highest BCUT2D eigenvalue weighted by atomic mass is 15.2. The third kappa shape index (κ3) is 2.34. The van der Waals surface area contributed by atoms with E-state index in [0.717, 1.165) is 6.54 Å². The molecule has 1 aromatic carbocycles. The van der Waals surface area contributed by atoms with Crippen molar-refractivity contribution in [1.82, 2.24) is 9.88 Å². The number of benzene rings is 1. The summed E-state index contributed by atoms with van der Waals surface area (Å²) in [5.41, 5.74) is 3.31. The van der Waals surface area contributed by atoms with Gasteiger partial charge in [-0.25, -0.2) is 0 Å². The first-order chi connectivity index (χ1) is 10.7. The molecule has 1 spiro atoms. The number of pyridine rings is 1. The number of nitrogens with zero attached hydrogens (tertiary/aromatic N) is 2. The average Bonchev–Trinajstić information content (AvgIpc) is 2.92. The van der Waals surface area contributed by atoms with Gasteiger partial charge in [0.1, 0.15) is 0 Å². The zero-order valence-electron chi connectivity index (χ0n) is 13.8. The van der Waals surface area contributed by atoms with Gasteiger partial charge in [0.15, 0.2) is 0 Å². The van der Waals surface area contributed by atoms with Crippen LogP contribution in [0, 0.1) is 5.41 Å². The van der Waals surface area contributed by atoms with E-state index in [0.29, 0.717) is 11.3 Å². The minimum atomic E-state index is 0.476. The highest BCUT2D eigenvalue weighted by Gasteiger charge is 2.42. The number of rotatable bonds is 3. The van der Waals surface area contributed by atoms with Gasteiger partial charge in [0.25, 0.3) is 0 Å². The Bertz CT molecular complexity index is 685. The summed E-state index contributed by atoms with van der Waals surface area (Å²) in [7, 11) is 0. The summed E-state index contributed by atoms with van der Waals surface area (Å²) >= 11 is 0. The molecule has 1 saturated heterocycles. The smallest absolute Gasteiger partial charge is 0.0507 e. The third-order valence-corrected chi connectivity index (χ3v) is 5.78. The molecule has 2 aliphatic rings. The molecule has 0 N–H and O–H groups in total. The lowest BCUT2D eigenvalue weighted by Gasteiger charge is -2.38. The highest BCUT2D eigenvalue weighted by Crippen LogP contribution is 2.48. The fourth-order valence-electron chi connectivity index (χ4n) is 4.35. The molecule has 2 fully saturated rings. The van der Waals surface area contributed by atoms with E-state index >= 15 is 0 Å². The molecule has 1 aliphatic carbocycles. The molecule has 0 radical (unpaired) electrons. The van der Waals surface area contributed by atoms with Crippen molar-refractivity contribution in [3.05, 3.63) is 41.7 Å². The molecule has 2 nitrogen and oxygen atoms in total. The van der Waals surface area contributed by atoms with Crippen LogP contribution in [-0.2, 0) is 6.54 Å². The van der Waals surface area contributed by atoms with Crippen molar-refractivity contribution in [3.8, 4) is 0 Å². The van der Waals surface area contributed by atoms with Crippen molar-refractivity contribution in [2.45, 2.75) is 52.0 Å². The minimum Gasteiger partial charge on any atom is -0.298 e. The second-order valence-electron chi connectivity index (χ2n) is 7.68. The minimum absolute atomic E-state index is 0.476. The Morgan fingerprint density at radius 2 is 1.91 bits per heavy atom. The van der Waals surface area contributed by atoms with E-state index in [-0.39, 0.29) is 0 Å². The molecule has 0 bridgehead atoms. The molecule has 116 valence electrons. The molecule has 4 rings (SSSR count). The van der Waals surface area contributed by atoms with Crippen molar-refractivity contribution in [2.75, 3.05) is 13.1 Å². The van der Waals surface area contributed by atoms with E-state index in [1.54, 1.807) is 0 Å². The molecule has 22 heavy (non-hydrogen) atoms. The Morgan fingerprint density at radius 3 is 2.55 bits per heavy atom. The Kier molecular flexibility index (Phi) is 3.45. The highest BCUT2D eigenvalue weighted by molar-refractivity contribution is 5.87. The molecule has 1 aromatic heterocycles. The van der Waals surface area contributed by atoms with Crippen LogP contribution in [0.25, 0.3) is 10.8 Å². The molecule has 1 saturated carbocycles. The first-order valence-corrected chi connectivity index (χ1v) is 8.76. The maximum absolute atomic E-state index is 4.79. The molecule has 0 atom stereocenters. The van der Waals surface area contributed by atoms with Crippen LogP contribution in [0.1, 0.15) is 56.7 Å². The van der Waals surface area contributed by atoms with Crippen molar-refractivity contribution in [1.29, 1.82) is 0 Å². The van der Waals surface area contributed by atoms with Crippen LogP contribution in [0.2, 0.25) is 0 Å². The first kappa shape index (κ1) is 14.2. The third-order valence-electron chi connectivity index (χ3n) is 5.78. The SMILES string of the molecule is CC(C)c1ncc(CN2CCC3(CCC3)C2)c2ccccc12. The van der Waals surface area contributed by atoms with Crippen molar-refractivity contribution < 1.29 is 0 Å². The predicted octanol–water partition coefficient (Wildman–Crippen LogP) is 4.73. The molecule has 2 heterocycles. The van der Waals surface area contributed by atoms with Gasteiger partial charge in [0, 0.05) is 24.7 Å². The second kappa shape index (κ2) is 5.34. The summed E-state index contributed by atoms with van der Waals surface area (Å²) in [6, 6.07) is 8.80. The van der Waals surface area contributed by atoms with Crippen molar-refractivity contribution in [2.24, 2.45) is 5.41 Å². The van der Waals surface area contributed by atoms with Gasteiger partial charge < -0.3 is 0 Å². The van der Waals surface area contributed by atoms with Crippen LogP contribution >= 0.6 is 0 Å². The van der Waals surface area contributed by atoms with Crippen molar-refractivity contribution >= 4 is 10.8 Å². The Morgan fingerprint density at radius 1 is 1.14 bits per heavy atom. The predicted molar refractivity (Wildman–Crippen MR) is 92.0 cm³/mol. The normalized spacial score (nSPS) is 20.9. The van der Waals surface area contributed by atoms with E-state index < -0.39 is 0 Å². The monoisotopic (exact) mass is 294 g/mol. The van der Waals surface area contributed by atoms with E-state index in [1.165, 1.54) is 60.8 Å². The summed E-state index contributed by atoms with van der Waals surface area (Å²) in [4.78, 5) is 7.44. The summed E-state index contributed by atoms with van der Waals surface area (Å²) < 4.78 is 0. The van der Waals surface area contributed by atoms with E-state index in [1.807, 2.05) is 0 Å². The van der Waals surface area contributed by atoms with Crippen molar-refractivity contribution in [3.63, 3.8) is 0 Å². The Balaban J connectivity index is 1.63. The number of aromatic nitrogens is 1. The lowest BCUT2D eigenvalue weighted by Crippen LogP contribution is -2.32. The molecule has 0 amide bonds. The van der Waals surface area contributed by atoms with Crippen LogP contribution in [0.4, 0.5) is 0 Å². The summed E-state index contributed by atoms with van der Waals surface area (Å²) in [5.74, 6) is 0.476. The van der Waals surface area contributed by atoms with Gasteiger partial charge >= 0.3 is 0 Å². The zero-order chi connectivity index (χ0) is 15.2. The molecular weight excluding hydrogens is 268 g/mol. The number of fused-ring (bicyclic) bond motifs is 1. The maximum Gasteiger partial charge on any atom is 0.0507 e. The van der Waals surface area contributed by atoms with Gasteiger partial charge in [-0.1, -0.05) is 44.5 Å². The van der Waals surface area contributed by atoms with E-state index in [2.05, 4.69) is 49.2 Å². The number of likely N-dealkylation sites (tertiary alicyclic amines) is 1. The fourth-order valence-corrected chi connectivity index (χ4v) is 4.35. The van der Waals surface area contributed by atoms with E-state index in [4.69, 9.17) is 4.98 Å². The summed E-state index contributed by atoms with van der Waals surface area (Å²) in [6.45, 7) is 8.09. The van der Waals surface area contributed by atoms with Crippen LogP contribution in [-0.4, -0.2) is 23.0 Å². The van der Waals surface area contributed by atoms with Gasteiger partial charge in [-0.05, 0) is 48.1 Å². The molecule has 0 unspecified atom stereocenters. The lowest BCUT2D eigenvalue weighted by atomic mass is 9.68. The van der Waals surface area contributed by atoms with Gasteiger partial charge in [-0.15, -0.1) is 0 Å².